The number of nitrogens with one attached hydrogen (secondary N) is 1. The molecule has 13 heteroatoms. The summed E-state index contributed by atoms with van der Waals surface area (Å²) in [7, 11) is -3.90. The minimum Gasteiger partial charge on any atom is -0.345 e. The van der Waals surface area contributed by atoms with Crippen LogP contribution in [0.4, 0.5) is 18.3 Å². The van der Waals surface area contributed by atoms with Crippen LogP contribution in [0.15, 0.2) is 41.4 Å². The topological polar surface area (TPSA) is 103 Å². The fourth-order valence-corrected chi connectivity index (χ4v) is 5.07. The van der Waals surface area contributed by atoms with E-state index in [1.54, 1.807) is 6.20 Å². The lowest BCUT2D eigenvalue weighted by Crippen LogP contribution is -2.48. The molecule has 3 rings (SSSR count). The zero-order chi connectivity index (χ0) is 21.9. The molecule has 1 aliphatic rings. The lowest BCUT2D eigenvalue weighted by molar-refractivity contribution is -0.137. The summed E-state index contributed by atoms with van der Waals surface area (Å²) in [6.45, 7) is 1.02. The number of hydrogen-bond acceptors (Lipinski definition) is 7. The standard InChI is InChI=1S/C17H17F3N4O4S2/c18-17(19,20)12-1-4-14(5-2-12)30(27,28)24-9-7-23(8-10-24)16-21-11-13(29-16)3-6-15(25)22-26/h1-6,11,26H,7-10H2,(H,22,25)/b6-3+. The Morgan fingerprint density at radius 2 is 1.80 bits per heavy atom. The normalized spacial score (nSPS) is 16.2. The first-order valence-electron chi connectivity index (χ1n) is 8.61. The highest BCUT2D eigenvalue weighted by atomic mass is 32.2. The molecular weight excluding hydrogens is 445 g/mol. The third-order valence-electron chi connectivity index (χ3n) is 4.35. The molecule has 1 amide bonds. The van der Waals surface area contributed by atoms with Gasteiger partial charge in [-0.05, 0) is 30.3 Å². The molecule has 0 aliphatic carbocycles. The number of halogens is 3. The van der Waals surface area contributed by atoms with Crippen molar-refractivity contribution in [2.45, 2.75) is 11.1 Å². The van der Waals surface area contributed by atoms with E-state index in [1.807, 2.05) is 4.90 Å². The monoisotopic (exact) mass is 462 g/mol. The Balaban J connectivity index is 1.64. The number of carbonyl (C=O) groups excluding carboxylic acids is 1. The summed E-state index contributed by atoms with van der Waals surface area (Å²) in [6.07, 6.45) is -0.353. The van der Waals surface area contributed by atoms with Crippen molar-refractivity contribution in [1.82, 2.24) is 14.8 Å². The van der Waals surface area contributed by atoms with Crippen LogP contribution in [-0.4, -0.2) is 55.0 Å². The molecule has 2 N–H and O–H groups in total. The molecule has 0 bridgehead atoms. The second kappa shape index (κ2) is 8.71. The van der Waals surface area contributed by atoms with Crippen molar-refractivity contribution in [3.8, 4) is 0 Å². The van der Waals surface area contributed by atoms with Crippen LogP contribution in [-0.2, 0) is 21.0 Å². The number of hydrogen-bond donors (Lipinski definition) is 2. The maximum Gasteiger partial charge on any atom is 0.416 e. The van der Waals surface area contributed by atoms with E-state index in [0.717, 1.165) is 30.3 Å². The molecular formula is C17H17F3N4O4S2. The van der Waals surface area contributed by atoms with Gasteiger partial charge in [0, 0.05) is 43.3 Å². The van der Waals surface area contributed by atoms with Crippen LogP contribution in [0.3, 0.4) is 0 Å². The smallest absolute Gasteiger partial charge is 0.345 e. The van der Waals surface area contributed by atoms with E-state index in [1.165, 1.54) is 27.2 Å². The summed E-state index contributed by atoms with van der Waals surface area (Å²) in [4.78, 5) is 17.6. The van der Waals surface area contributed by atoms with Crippen LogP contribution in [0.2, 0.25) is 0 Å². The van der Waals surface area contributed by atoms with Crippen LogP contribution >= 0.6 is 11.3 Å². The fraction of sp³-hybridized carbons (Fsp3) is 0.294. The van der Waals surface area contributed by atoms with Gasteiger partial charge in [0.05, 0.1) is 10.5 Å². The van der Waals surface area contributed by atoms with Crippen molar-refractivity contribution < 1.29 is 31.6 Å². The summed E-state index contributed by atoms with van der Waals surface area (Å²) in [5.74, 6) is -0.674. The minimum atomic E-state index is -4.53. The van der Waals surface area contributed by atoms with Gasteiger partial charge < -0.3 is 4.90 Å². The molecule has 0 unspecified atom stereocenters. The quantitative estimate of drug-likeness (QED) is 0.401. The number of rotatable bonds is 5. The highest BCUT2D eigenvalue weighted by Crippen LogP contribution is 2.31. The Labute approximate surface area is 174 Å². The summed E-state index contributed by atoms with van der Waals surface area (Å²) in [6, 6.07) is 3.44. The number of piperazine rings is 1. The number of anilines is 1. The van der Waals surface area contributed by atoms with Gasteiger partial charge in [-0.3, -0.25) is 10.0 Å². The Morgan fingerprint density at radius 3 is 2.37 bits per heavy atom. The van der Waals surface area contributed by atoms with E-state index in [2.05, 4.69) is 4.98 Å². The van der Waals surface area contributed by atoms with Gasteiger partial charge in [-0.15, -0.1) is 0 Å². The Morgan fingerprint density at radius 1 is 1.17 bits per heavy atom. The van der Waals surface area contributed by atoms with Crippen molar-refractivity contribution in [2.75, 3.05) is 31.1 Å². The van der Waals surface area contributed by atoms with Crippen molar-refractivity contribution in [3.05, 3.63) is 47.0 Å². The van der Waals surface area contributed by atoms with Gasteiger partial charge in [0.15, 0.2) is 5.13 Å². The molecule has 2 aromatic rings. The predicted octanol–water partition coefficient (Wildman–Crippen LogP) is 2.19. The van der Waals surface area contributed by atoms with Crippen LogP contribution in [0.1, 0.15) is 10.4 Å². The first kappa shape index (κ1) is 22.2. The molecule has 0 saturated carbocycles. The molecule has 1 saturated heterocycles. The number of amides is 1. The second-order valence-corrected chi connectivity index (χ2v) is 9.25. The van der Waals surface area contributed by atoms with Crippen LogP contribution in [0, 0.1) is 0 Å². The lowest BCUT2D eigenvalue weighted by atomic mass is 10.2. The summed E-state index contributed by atoms with van der Waals surface area (Å²) in [5, 5.41) is 9.11. The second-order valence-electron chi connectivity index (χ2n) is 6.27. The number of sulfonamides is 1. The Bertz CT molecular complexity index is 1030. The minimum absolute atomic E-state index is 0.154. The highest BCUT2D eigenvalue weighted by Gasteiger charge is 2.32. The fourth-order valence-electron chi connectivity index (χ4n) is 2.78. The molecule has 1 aliphatic heterocycles. The third-order valence-corrected chi connectivity index (χ3v) is 7.29. The van der Waals surface area contributed by atoms with E-state index < -0.39 is 27.7 Å². The molecule has 8 nitrogen and oxygen atoms in total. The average Bonchev–Trinajstić information content (AvgIpc) is 3.20. The number of hydroxylamine groups is 1. The molecule has 1 aromatic carbocycles. The molecule has 0 radical (unpaired) electrons. The zero-order valence-electron chi connectivity index (χ0n) is 15.3. The molecule has 0 spiro atoms. The largest absolute Gasteiger partial charge is 0.416 e. The summed E-state index contributed by atoms with van der Waals surface area (Å²) < 4.78 is 64.7. The van der Waals surface area contributed by atoms with Gasteiger partial charge in [-0.2, -0.15) is 17.5 Å². The highest BCUT2D eigenvalue weighted by molar-refractivity contribution is 7.89. The lowest BCUT2D eigenvalue weighted by Gasteiger charge is -2.33. The van der Waals surface area contributed by atoms with E-state index in [0.29, 0.717) is 23.1 Å². The van der Waals surface area contributed by atoms with Gasteiger partial charge in [-0.1, -0.05) is 11.3 Å². The predicted molar refractivity (Wildman–Crippen MR) is 103 cm³/mol. The van der Waals surface area contributed by atoms with Gasteiger partial charge >= 0.3 is 6.18 Å². The Kier molecular flexibility index (Phi) is 6.45. The summed E-state index contributed by atoms with van der Waals surface area (Å²) >= 11 is 1.29. The maximum atomic E-state index is 12.7. The molecule has 30 heavy (non-hydrogen) atoms. The van der Waals surface area contributed by atoms with Crippen LogP contribution < -0.4 is 10.4 Å². The number of thiazole rings is 1. The van der Waals surface area contributed by atoms with Gasteiger partial charge in [-0.25, -0.2) is 18.9 Å². The third kappa shape index (κ3) is 4.98. The van der Waals surface area contributed by atoms with E-state index >= 15 is 0 Å². The van der Waals surface area contributed by atoms with Crippen LogP contribution in [0.5, 0.6) is 0 Å². The first-order valence-corrected chi connectivity index (χ1v) is 10.9. The van der Waals surface area contributed by atoms with Crippen LogP contribution in [0.25, 0.3) is 6.08 Å². The van der Waals surface area contributed by atoms with E-state index in [4.69, 9.17) is 5.21 Å². The van der Waals surface area contributed by atoms with Gasteiger partial charge in [0.25, 0.3) is 5.91 Å². The van der Waals surface area contributed by atoms with Gasteiger partial charge in [0.2, 0.25) is 10.0 Å². The van der Waals surface area contributed by atoms with Crippen molar-refractivity contribution in [3.63, 3.8) is 0 Å². The zero-order valence-corrected chi connectivity index (χ0v) is 17.0. The van der Waals surface area contributed by atoms with Crippen molar-refractivity contribution in [1.29, 1.82) is 0 Å². The van der Waals surface area contributed by atoms with Crippen molar-refractivity contribution in [2.24, 2.45) is 0 Å². The number of carbonyl (C=O) groups is 1. The number of aromatic nitrogens is 1. The number of alkyl halides is 3. The molecule has 1 aromatic heterocycles. The molecule has 1 fully saturated rings. The van der Waals surface area contributed by atoms with Crippen molar-refractivity contribution >= 4 is 38.5 Å². The molecule has 162 valence electrons. The number of nitrogens with zero attached hydrogens (tertiary/aromatic N) is 3. The molecule has 0 atom stereocenters. The number of benzene rings is 1. The first-order chi connectivity index (χ1) is 14.1. The summed E-state index contributed by atoms with van der Waals surface area (Å²) in [5.41, 5.74) is 0.572. The average molecular weight is 462 g/mol. The SMILES string of the molecule is O=C(/C=C/c1cnc(N2CCN(S(=O)(=O)c3ccc(C(F)(F)F)cc3)CC2)s1)NO. The van der Waals surface area contributed by atoms with E-state index in [-0.39, 0.29) is 18.0 Å². The van der Waals surface area contributed by atoms with E-state index in [9.17, 15) is 26.4 Å². The molecule has 2 heterocycles. The maximum absolute atomic E-state index is 12.7. The van der Waals surface area contributed by atoms with Gasteiger partial charge in [0.1, 0.15) is 0 Å². The Hall–Kier alpha value is -2.48.